The second-order valence-corrected chi connectivity index (χ2v) is 26.9. The quantitative estimate of drug-likeness (QED) is 0.0901. The number of carboxylic acids is 1. The van der Waals surface area contributed by atoms with E-state index in [1.807, 2.05) is 91.6 Å². The molecule has 0 saturated carbocycles. The van der Waals surface area contributed by atoms with Crippen molar-refractivity contribution in [2.24, 2.45) is 21.1 Å². The third-order valence-corrected chi connectivity index (χ3v) is 18.0. The van der Waals surface area contributed by atoms with Gasteiger partial charge in [-0.3, -0.25) is 24.1 Å². The van der Waals surface area contributed by atoms with Crippen molar-refractivity contribution in [3.8, 4) is 0 Å². The van der Waals surface area contributed by atoms with Gasteiger partial charge in [-0.2, -0.15) is 0 Å². The number of halogens is 9. The molecule has 9 aromatic rings. The third-order valence-electron chi connectivity index (χ3n) is 15.0. The van der Waals surface area contributed by atoms with Crippen LogP contribution >= 0.6 is 117 Å². The lowest BCUT2D eigenvalue weighted by Gasteiger charge is -2.27. The number of carbonyl (C=O) groups excluding carboxylic acids is 2. The van der Waals surface area contributed by atoms with Crippen molar-refractivity contribution in [1.82, 2.24) is 42.4 Å². The van der Waals surface area contributed by atoms with E-state index >= 15 is 0 Å². The van der Waals surface area contributed by atoms with E-state index in [0.717, 1.165) is 22.4 Å². The lowest BCUT2D eigenvalue weighted by Crippen LogP contribution is -2.35. The van der Waals surface area contributed by atoms with Crippen molar-refractivity contribution in [3.63, 3.8) is 0 Å². The van der Waals surface area contributed by atoms with Gasteiger partial charge in [-0.05, 0) is 180 Å². The fourth-order valence-electron chi connectivity index (χ4n) is 11.0. The molecule has 498 valence electrons. The van der Waals surface area contributed by atoms with E-state index in [2.05, 4.69) is 62.7 Å². The maximum Gasteiger partial charge on any atom is 0.358 e. The first-order valence-corrected chi connectivity index (χ1v) is 33.0. The van der Waals surface area contributed by atoms with E-state index in [0.29, 0.717) is 79.0 Å². The molecule has 3 aromatic carbocycles. The molecule has 10 rings (SSSR count). The largest absolute Gasteiger partial charge is 0.476 e. The third kappa shape index (κ3) is 15.4. The van der Waals surface area contributed by atoms with Gasteiger partial charge in [0.05, 0.1) is 38.8 Å². The lowest BCUT2D eigenvalue weighted by molar-refractivity contribution is 0.0517. The minimum Gasteiger partial charge on any atom is -0.476 e. The molecule has 0 aliphatic carbocycles. The van der Waals surface area contributed by atoms with Crippen LogP contribution in [0.1, 0.15) is 187 Å². The molecule has 3 atom stereocenters. The fourth-order valence-corrected chi connectivity index (χ4v) is 14.6. The predicted octanol–water partition coefficient (Wildman–Crippen LogP) is 18.5. The SMILES string of the molecule is CC(C)n1c(Br)nc(C(=O)O)c1C(Cc1cc(Cl)cn(C)c1=O)c1ccc(Cl)cc1.CC(C)n1c(Br)nc2c1C(c1ccc(Cl)cc1)N(c1cc(Cl)cn(C)c1=O)C2=O.CCOC(=O)c1nc(Br)n(C(C)C)c1C(Cc1cc(Cl)cn(C)c1=O)c1ccc(Cl)cc1.[2HH].[2HH].[2H][2H].[2H][2H].[2H][2H].[2H][2H].[2H][2H].[2H][2H].[2H][2H].[2H][2H]. The molecule has 6 aromatic heterocycles. The number of benzene rings is 3. The molecule has 1 N–H and O–H groups in total. The number of nitrogens with zero attached hydrogens (tertiary/aromatic N) is 10. The Kier molecular flexibility index (Phi) is 19.5. The first-order chi connectivity index (χ1) is 50.9. The summed E-state index contributed by atoms with van der Waals surface area (Å²) >= 11 is 47.3. The summed E-state index contributed by atoms with van der Waals surface area (Å²) in [5.41, 5.74) is 5.43. The van der Waals surface area contributed by atoms with E-state index in [-0.39, 0.29) is 79.6 Å². The Morgan fingerprint density at radius 2 is 0.945 bits per heavy atom. The molecule has 0 radical (unpaired) electrons. The van der Waals surface area contributed by atoms with E-state index in [4.69, 9.17) is 98.1 Å². The number of rotatable bonds is 16. The molecule has 0 bridgehead atoms. The van der Waals surface area contributed by atoms with Crippen LogP contribution in [0.15, 0.2) is 138 Å². The summed E-state index contributed by atoms with van der Waals surface area (Å²) < 4.78 is 96.8. The van der Waals surface area contributed by atoms with Gasteiger partial charge in [0, 0.05) is 122 Å². The summed E-state index contributed by atoms with van der Waals surface area (Å²) in [5, 5.41) is 12.8. The molecular formula is C64H81Br3Cl6N10O8. The molecule has 1 amide bonds. The first kappa shape index (κ1) is 59.7. The Hall–Kier alpha value is -6.27. The summed E-state index contributed by atoms with van der Waals surface area (Å²) in [7, 11) is 4.90. The number of aromatic carboxylic acids is 1. The van der Waals surface area contributed by atoms with Crippen molar-refractivity contribution >= 4 is 141 Å². The number of ether oxygens (including phenoxy) is 1. The number of esters is 1. The molecule has 18 nitrogen and oxygen atoms in total. The minimum absolute atomic E-state index is 0. The van der Waals surface area contributed by atoms with Gasteiger partial charge in [-0.15, -0.1) is 0 Å². The van der Waals surface area contributed by atoms with Crippen molar-refractivity contribution in [2.45, 2.75) is 97.3 Å². The molecular weight excluding hydrogens is 1490 g/mol. The Balaban J connectivity index is -0.00000140. The zero-order valence-electron chi connectivity index (χ0n) is 66.7. The van der Waals surface area contributed by atoms with Crippen molar-refractivity contribution in [3.05, 3.63) is 247 Å². The van der Waals surface area contributed by atoms with Crippen LogP contribution in [0.25, 0.3) is 0 Å². The van der Waals surface area contributed by atoms with Crippen LogP contribution in [0.3, 0.4) is 0 Å². The van der Waals surface area contributed by atoms with Crippen LogP contribution in [0.4, 0.5) is 5.69 Å². The van der Waals surface area contributed by atoms with Crippen LogP contribution in [0.2, 0.25) is 30.1 Å². The van der Waals surface area contributed by atoms with Gasteiger partial charge in [0.1, 0.15) is 11.7 Å². The number of amides is 1. The molecule has 27 heteroatoms. The highest BCUT2D eigenvalue weighted by molar-refractivity contribution is 9.10. The molecule has 91 heavy (non-hydrogen) atoms. The van der Waals surface area contributed by atoms with Crippen LogP contribution in [-0.4, -0.2) is 71.9 Å². The number of pyridine rings is 3. The summed E-state index contributed by atoms with van der Waals surface area (Å²) in [4.78, 5) is 91.5. The van der Waals surface area contributed by atoms with E-state index in [9.17, 15) is 33.9 Å². The van der Waals surface area contributed by atoms with Gasteiger partial charge in [-0.1, -0.05) is 106 Å². The summed E-state index contributed by atoms with van der Waals surface area (Å²) in [6, 6.07) is 26.0. The van der Waals surface area contributed by atoms with Crippen molar-refractivity contribution in [2.75, 3.05) is 11.5 Å². The number of carboxylic acid groups (broad SMARTS) is 1. The van der Waals surface area contributed by atoms with Gasteiger partial charge in [0.25, 0.3) is 22.6 Å². The van der Waals surface area contributed by atoms with Crippen LogP contribution in [0.5, 0.6) is 0 Å². The highest BCUT2D eigenvalue weighted by Crippen LogP contribution is 2.44. The van der Waals surface area contributed by atoms with Crippen molar-refractivity contribution < 1.29 is 50.8 Å². The normalized spacial score (nSPS) is 14.2. The fraction of sp³-hybridized carbons (Fsp3) is 0.297. The van der Waals surface area contributed by atoms with Gasteiger partial charge in [0.15, 0.2) is 31.3 Å². The maximum atomic E-state index is 13.4. The highest BCUT2D eigenvalue weighted by atomic mass is 79.9. The standard InChI is InChI=1S/C23H24BrCl2N3O3.C21H20BrCl2N3O3.C20H17BrCl2N4O2.10H2/c1-5-32-22(31)19-20(29(13(2)3)23(24)27-19)18(14-6-8-16(25)9-7-14)11-15-10-17(26)12-28(4)21(15)30;1-11(2)27-18(17(20(29)30)25-21(27)22)16(12-4-6-14(23)7-5-12)9-13-8-15(24)10-26(3)19(13)28;1-10(2)26-17-15(24-20(26)21)19(29)27(14-8-13(23)9-25(3)18(14)28)16(17)11-4-6-12(22)7-5-11;;;;;;;;;;/h6-10,12-13,18H,5,11H2,1-4H3;4-8,10-11,16H,9H2,1-3H3,(H,29,30);4-10,16H,1-3H3;10*1H/i;;;8*1+1D;2*1+1. The Labute approximate surface area is 607 Å². The Morgan fingerprint density at radius 3 is 1.36 bits per heavy atom. The number of fused-ring (bicyclic) bond motifs is 1. The topological polar surface area (TPSA) is 203 Å². The molecule has 7 heterocycles. The number of aromatic nitrogens is 9. The molecule has 1 aliphatic rings. The first-order valence-electron chi connectivity index (χ1n) is 36.3. The molecule has 0 saturated heterocycles. The number of imidazole rings is 3. The Morgan fingerprint density at radius 1 is 0.560 bits per heavy atom. The minimum atomic E-state index is -1.14. The number of carbonyl (C=O) groups is 3. The van der Waals surface area contributed by atoms with Crippen LogP contribution < -0.4 is 21.6 Å². The molecule has 3 unspecified atom stereocenters. The smallest absolute Gasteiger partial charge is 0.358 e. The van der Waals surface area contributed by atoms with Crippen molar-refractivity contribution in [1.29, 1.82) is 0 Å². The molecule has 1 aliphatic heterocycles. The van der Waals surface area contributed by atoms with E-state index in [1.165, 1.54) is 30.9 Å². The van der Waals surface area contributed by atoms with Gasteiger partial charge in [0.2, 0.25) is 0 Å². The molecule has 0 fully saturated rings. The average Bonchev–Trinajstić information content (AvgIpc) is 1.57. The van der Waals surface area contributed by atoms with Gasteiger partial charge in [-0.25, -0.2) is 24.5 Å². The maximum absolute atomic E-state index is 13.4. The van der Waals surface area contributed by atoms with Crippen LogP contribution in [0, 0.1) is 0 Å². The highest BCUT2D eigenvalue weighted by Gasteiger charge is 2.45. The Bertz CT molecular complexity index is 4480. The lowest BCUT2D eigenvalue weighted by atomic mass is 9.88. The zero-order valence-corrected chi connectivity index (χ0v) is 60.0. The number of anilines is 1. The monoisotopic (exact) mass is 1580 g/mol. The number of hydrogen-bond acceptors (Lipinski definition) is 10. The molecule has 0 spiro atoms. The summed E-state index contributed by atoms with van der Waals surface area (Å²) in [6.45, 7) is 13.9. The van der Waals surface area contributed by atoms with Crippen LogP contribution in [-0.2, 0) is 38.7 Å². The predicted molar refractivity (Wildman–Crippen MR) is 389 cm³/mol. The van der Waals surface area contributed by atoms with Gasteiger partial charge < -0.3 is 37.2 Å². The van der Waals surface area contributed by atoms with Gasteiger partial charge >= 0.3 is 11.9 Å². The second kappa shape index (κ2) is 29.8. The number of aryl methyl sites for hydroxylation is 3. The van der Waals surface area contributed by atoms with E-state index < -0.39 is 23.9 Å². The second-order valence-electron chi connectivity index (χ2n) is 22.2. The summed E-state index contributed by atoms with van der Waals surface area (Å²) in [6.07, 6.45) is 5.19. The van der Waals surface area contributed by atoms with E-state index in [1.54, 1.807) is 89.0 Å². The number of hydrogen-bond donors (Lipinski definition) is 1. The average molecular weight is 1590 g/mol. The zero-order chi connectivity index (χ0) is 82.8. The summed E-state index contributed by atoms with van der Waals surface area (Å²) in [5.74, 6) is -2.83.